The molecule has 0 bridgehead atoms. The summed E-state index contributed by atoms with van der Waals surface area (Å²) in [5.41, 5.74) is 0. The van der Waals surface area contributed by atoms with E-state index < -0.39 is 37.9 Å². The van der Waals surface area contributed by atoms with Gasteiger partial charge in [0, 0.05) is 12.1 Å². The van der Waals surface area contributed by atoms with Crippen molar-refractivity contribution in [1.82, 2.24) is 0 Å². The van der Waals surface area contributed by atoms with E-state index in [0.717, 1.165) is 12.1 Å². The van der Waals surface area contributed by atoms with E-state index in [1.165, 1.54) is 6.92 Å². The fourth-order valence-corrected chi connectivity index (χ4v) is 2.27. The Balaban J connectivity index is 3.10. The van der Waals surface area contributed by atoms with E-state index in [-0.39, 0.29) is 14.7 Å². The fraction of sp³-hybridized carbons (Fsp3) is 0.273. The lowest BCUT2D eigenvalue weighted by Gasteiger charge is -2.14. The van der Waals surface area contributed by atoms with Gasteiger partial charge in [-0.25, -0.2) is 4.79 Å². The highest BCUT2D eigenvalue weighted by molar-refractivity contribution is 9.11. The number of esters is 2. The third-order valence-corrected chi connectivity index (χ3v) is 4.71. The van der Waals surface area contributed by atoms with Crippen molar-refractivity contribution in [3.05, 3.63) is 21.1 Å². The van der Waals surface area contributed by atoms with Crippen LogP contribution in [0.3, 0.4) is 0 Å². The summed E-state index contributed by atoms with van der Waals surface area (Å²) < 4.78 is 64.9. The molecule has 1 aromatic carbocycles. The first-order valence-electron chi connectivity index (χ1n) is 5.69. The van der Waals surface area contributed by atoms with Crippen molar-refractivity contribution < 1.29 is 40.8 Å². The van der Waals surface area contributed by atoms with Crippen LogP contribution in [0.2, 0.25) is 0 Å². The van der Waals surface area contributed by atoms with Gasteiger partial charge in [-0.15, -0.1) is 0 Å². The molecule has 134 valence electrons. The van der Waals surface area contributed by atoms with Crippen LogP contribution in [0.5, 0.6) is 11.5 Å². The third-order valence-electron chi connectivity index (χ3n) is 2.29. The zero-order valence-electron chi connectivity index (χ0n) is 11.4. The smallest absolute Gasteiger partial charge is 0.424 e. The Labute approximate surface area is 159 Å². The maximum atomic E-state index is 13.2. The Bertz CT molecular complexity index is 780. The summed E-state index contributed by atoms with van der Waals surface area (Å²) in [5.74, 6) is -3.66. The van der Waals surface area contributed by atoms with E-state index in [1.54, 1.807) is 0 Å². The van der Waals surface area contributed by atoms with Crippen molar-refractivity contribution in [2.75, 3.05) is 0 Å². The zero-order valence-corrected chi connectivity index (χ0v) is 17.0. The predicted molar refractivity (Wildman–Crippen MR) is 88.0 cm³/mol. The van der Waals surface area contributed by atoms with Crippen LogP contribution in [0, 0.1) is 0 Å². The Hall–Kier alpha value is -0.630. The van der Waals surface area contributed by atoms with Crippen LogP contribution in [-0.2, 0) is 19.7 Å². The summed E-state index contributed by atoms with van der Waals surface area (Å²) in [6, 6.07) is 2.12. The molecule has 1 rings (SSSR count). The molecule has 13 heteroatoms. The number of hydrogen-bond donors (Lipinski definition) is 1. The number of halogens is 5. The quantitative estimate of drug-likeness (QED) is 0.255. The van der Waals surface area contributed by atoms with Crippen molar-refractivity contribution in [3.63, 3.8) is 0 Å². The molecule has 24 heavy (non-hydrogen) atoms. The molecule has 0 aliphatic carbocycles. The first-order chi connectivity index (χ1) is 10.8. The monoisotopic (exact) mass is 558 g/mol. The minimum absolute atomic E-state index is 0.0143. The first kappa shape index (κ1) is 21.4. The molecule has 0 saturated carbocycles. The molecular weight excluding hydrogens is 554 g/mol. The van der Waals surface area contributed by atoms with Crippen molar-refractivity contribution >= 4 is 69.8 Å². The molecule has 1 atom stereocenters. The molecule has 0 aliphatic rings. The molecule has 0 amide bonds. The highest BCUT2D eigenvalue weighted by Crippen LogP contribution is 2.37. The summed E-state index contributed by atoms with van der Waals surface area (Å²) in [5, 5.41) is -5.14. The largest absolute Gasteiger partial charge is 0.466 e. The number of hydrogen-bond acceptors (Lipinski definition) is 6. The van der Waals surface area contributed by atoms with Crippen LogP contribution in [0.1, 0.15) is 6.92 Å². The number of ether oxygens (including phenoxy) is 2. The van der Waals surface area contributed by atoms with Crippen molar-refractivity contribution in [1.29, 1.82) is 0 Å². The first-order valence-corrected chi connectivity index (χ1v) is 9.63. The molecule has 1 N–H and O–H groups in total. The zero-order chi connectivity index (χ0) is 18.9. The molecule has 0 spiro atoms. The molecule has 0 heterocycles. The van der Waals surface area contributed by atoms with Crippen LogP contribution in [0.25, 0.3) is 0 Å². The third kappa shape index (κ3) is 4.94. The minimum atomic E-state index is -5.99. The summed E-state index contributed by atoms with van der Waals surface area (Å²) >= 11 is 8.87. The van der Waals surface area contributed by atoms with E-state index in [0.29, 0.717) is 0 Å². The fourth-order valence-electron chi connectivity index (χ4n) is 1.12. The Kier molecular flexibility index (Phi) is 6.89. The summed E-state index contributed by atoms with van der Waals surface area (Å²) in [4.78, 5) is 22.1. The maximum Gasteiger partial charge on any atom is 0.466 e. The second-order valence-corrected chi connectivity index (χ2v) is 8.68. The van der Waals surface area contributed by atoms with Crippen LogP contribution >= 0.6 is 47.8 Å². The number of carbonyl (C=O) groups is 2. The van der Waals surface area contributed by atoms with Crippen molar-refractivity contribution in [2.24, 2.45) is 0 Å². The summed E-state index contributed by atoms with van der Waals surface area (Å²) in [6.45, 7) is 1.51. The van der Waals surface area contributed by atoms with Gasteiger partial charge in [0.25, 0.3) is 0 Å². The van der Waals surface area contributed by atoms with Gasteiger partial charge >= 0.3 is 27.3 Å². The second kappa shape index (κ2) is 7.72. The normalized spacial score (nSPS) is 13.3. The molecule has 0 fully saturated rings. The number of benzene rings is 1. The van der Waals surface area contributed by atoms with Crippen LogP contribution in [-0.4, -0.2) is 35.0 Å². The van der Waals surface area contributed by atoms with Gasteiger partial charge in [0.2, 0.25) is 0 Å². The SMILES string of the molecule is CC(Br)C(=O)Oc1cc(Br)c(OC(=O)C(F)(F)S(=O)(=O)O)cc1Br. The van der Waals surface area contributed by atoms with Gasteiger partial charge in [0.15, 0.2) is 0 Å². The van der Waals surface area contributed by atoms with Crippen LogP contribution in [0.15, 0.2) is 21.1 Å². The molecule has 1 unspecified atom stereocenters. The number of carbonyl (C=O) groups excluding carboxylic acids is 2. The van der Waals surface area contributed by atoms with Gasteiger partial charge in [-0.05, 0) is 38.8 Å². The van der Waals surface area contributed by atoms with Gasteiger partial charge in [-0.2, -0.15) is 17.2 Å². The van der Waals surface area contributed by atoms with E-state index >= 15 is 0 Å². The highest BCUT2D eigenvalue weighted by Gasteiger charge is 2.54. The second-order valence-electron chi connectivity index (χ2n) is 4.13. The van der Waals surface area contributed by atoms with Crippen molar-refractivity contribution in [2.45, 2.75) is 17.0 Å². The van der Waals surface area contributed by atoms with Gasteiger partial charge in [0.05, 0.1) is 8.95 Å². The van der Waals surface area contributed by atoms with Gasteiger partial charge in [-0.1, -0.05) is 15.9 Å². The molecule has 7 nitrogen and oxygen atoms in total. The molecule has 0 radical (unpaired) electrons. The number of alkyl halides is 3. The molecule has 0 aliphatic heterocycles. The maximum absolute atomic E-state index is 13.2. The highest BCUT2D eigenvalue weighted by atomic mass is 79.9. The van der Waals surface area contributed by atoms with Crippen molar-refractivity contribution in [3.8, 4) is 11.5 Å². The Morgan fingerprint density at radius 2 is 1.58 bits per heavy atom. The van der Waals surface area contributed by atoms with Crippen LogP contribution in [0.4, 0.5) is 8.78 Å². The van der Waals surface area contributed by atoms with E-state index in [2.05, 4.69) is 52.5 Å². The molecule has 0 saturated heterocycles. The lowest BCUT2D eigenvalue weighted by atomic mass is 10.3. The lowest BCUT2D eigenvalue weighted by molar-refractivity contribution is -0.151. The van der Waals surface area contributed by atoms with Gasteiger partial charge in [0.1, 0.15) is 16.3 Å². The molecular formula is C11H7Br3F2O7S. The summed E-state index contributed by atoms with van der Waals surface area (Å²) in [6.07, 6.45) is 0. The topological polar surface area (TPSA) is 107 Å². The minimum Gasteiger partial charge on any atom is -0.424 e. The standard InChI is InChI=1S/C11H7Br3F2O7S/c1-4(12)9(17)22-7-2-6(14)8(3-5(7)13)23-10(18)11(15,16)24(19,20)21/h2-4H,1H3,(H,19,20,21). The number of rotatable bonds is 5. The molecule has 0 aromatic heterocycles. The van der Waals surface area contributed by atoms with E-state index in [1.807, 2.05) is 0 Å². The Morgan fingerprint density at radius 1 is 1.17 bits per heavy atom. The average molecular weight is 561 g/mol. The molecule has 1 aromatic rings. The predicted octanol–water partition coefficient (Wildman–Crippen LogP) is 3.29. The van der Waals surface area contributed by atoms with E-state index in [9.17, 15) is 26.8 Å². The Morgan fingerprint density at radius 3 is 1.96 bits per heavy atom. The average Bonchev–Trinajstić information content (AvgIpc) is 2.42. The van der Waals surface area contributed by atoms with Gasteiger partial charge < -0.3 is 9.47 Å². The van der Waals surface area contributed by atoms with Gasteiger partial charge in [-0.3, -0.25) is 9.35 Å². The van der Waals surface area contributed by atoms with E-state index in [4.69, 9.17) is 9.29 Å². The lowest BCUT2D eigenvalue weighted by Crippen LogP contribution is -2.40. The summed E-state index contributed by atoms with van der Waals surface area (Å²) in [7, 11) is -5.99. The van der Waals surface area contributed by atoms with Crippen LogP contribution < -0.4 is 9.47 Å².